The Kier molecular flexibility index (Phi) is 8.27. The maximum Gasteiger partial charge on any atom is 0.264 e. The number of hydrogen-bond donors (Lipinski definition) is 1. The van der Waals surface area contributed by atoms with E-state index in [0.717, 1.165) is 12.1 Å². The molecule has 7 nitrogen and oxygen atoms in total. The van der Waals surface area contributed by atoms with Crippen LogP contribution in [0.1, 0.15) is 29.3 Å². The molecule has 1 aromatic heterocycles. The van der Waals surface area contributed by atoms with Crippen molar-refractivity contribution in [2.45, 2.75) is 30.7 Å². The van der Waals surface area contributed by atoms with Gasteiger partial charge in [-0.1, -0.05) is 25.1 Å². The number of anilines is 1. The minimum atomic E-state index is -3.92. The smallest absolute Gasteiger partial charge is 0.264 e. The highest BCUT2D eigenvalue weighted by molar-refractivity contribution is 7.93. The van der Waals surface area contributed by atoms with Gasteiger partial charge in [-0.05, 0) is 66.9 Å². The first-order chi connectivity index (χ1) is 19.7. The number of hydrogen-bond acceptors (Lipinski definition) is 5. The Morgan fingerprint density at radius 1 is 1.00 bits per heavy atom. The molecule has 0 bridgehead atoms. The molecule has 1 fully saturated rings. The topological polar surface area (TPSA) is 82.6 Å². The van der Waals surface area contributed by atoms with Crippen molar-refractivity contribution in [2.75, 3.05) is 30.9 Å². The number of nitrogens with zero attached hydrogens (tertiary/aromatic N) is 3. The van der Waals surface area contributed by atoms with Crippen molar-refractivity contribution in [1.29, 1.82) is 0 Å². The third-order valence-electron chi connectivity index (χ3n) is 7.33. The molecule has 0 radical (unpaired) electrons. The number of carbonyl (C=O) groups is 1. The van der Waals surface area contributed by atoms with E-state index in [1.807, 2.05) is 6.92 Å². The lowest BCUT2D eigenvalue weighted by molar-refractivity contribution is 0.0448. The number of halogens is 3. The van der Waals surface area contributed by atoms with Gasteiger partial charge in [0.2, 0.25) is 0 Å². The second-order valence-electron chi connectivity index (χ2n) is 10.00. The Labute approximate surface area is 236 Å². The molecule has 41 heavy (non-hydrogen) atoms. The van der Waals surface area contributed by atoms with E-state index in [2.05, 4.69) is 14.6 Å². The number of rotatable bonds is 8. The molecule has 1 saturated heterocycles. The lowest BCUT2D eigenvalue weighted by Crippen LogP contribution is -2.55. The summed E-state index contributed by atoms with van der Waals surface area (Å²) in [4.78, 5) is 21.6. The summed E-state index contributed by atoms with van der Waals surface area (Å²) in [5.74, 6) is -4.04. The molecule has 1 atom stereocenters. The monoisotopic (exact) mass is 582 g/mol. The number of sulfonamides is 1. The van der Waals surface area contributed by atoms with Crippen LogP contribution >= 0.6 is 0 Å². The van der Waals surface area contributed by atoms with Crippen LogP contribution in [-0.4, -0.2) is 61.3 Å². The van der Waals surface area contributed by atoms with Crippen molar-refractivity contribution >= 4 is 32.5 Å². The molecule has 2 heterocycles. The van der Waals surface area contributed by atoms with Gasteiger partial charge in [-0.15, -0.1) is 0 Å². The summed E-state index contributed by atoms with van der Waals surface area (Å²) in [6.07, 6.45) is 2.60. The molecule has 1 N–H and O–H groups in total. The van der Waals surface area contributed by atoms with Gasteiger partial charge in [0, 0.05) is 55.1 Å². The highest BCUT2D eigenvalue weighted by Crippen LogP contribution is 2.24. The average Bonchev–Trinajstić information content (AvgIpc) is 2.98. The molecule has 0 unspecified atom stereocenters. The highest BCUT2D eigenvalue weighted by atomic mass is 32.2. The zero-order valence-electron chi connectivity index (χ0n) is 22.4. The molecule has 1 aliphatic rings. The van der Waals surface area contributed by atoms with Crippen LogP contribution in [0.4, 0.5) is 18.9 Å². The molecule has 214 valence electrons. The Balaban J connectivity index is 1.22. The Morgan fingerprint density at radius 3 is 2.41 bits per heavy atom. The summed E-state index contributed by atoms with van der Waals surface area (Å²) >= 11 is 0. The van der Waals surface area contributed by atoms with Gasteiger partial charge >= 0.3 is 0 Å². The predicted octanol–water partition coefficient (Wildman–Crippen LogP) is 5.23. The van der Waals surface area contributed by atoms with Gasteiger partial charge in [0.15, 0.2) is 17.5 Å². The third-order valence-corrected chi connectivity index (χ3v) is 8.74. The molecule has 0 aliphatic carbocycles. The fourth-order valence-electron chi connectivity index (χ4n) is 5.13. The standard InChI is InChI=1S/C30H29F3N4O3S/c1-2-24-19-36(14-12-20-17-25(31)28(33)26(32)18-20)15-16-37(24)30(38)22-8-10-23(11-9-22)35-41(39,40)27-7-3-5-21-6-4-13-34-29(21)27/h3-11,13,17-18,24,35H,2,12,14-16,19H2,1H3/t24-/m0/s1. The Morgan fingerprint density at radius 2 is 1.71 bits per heavy atom. The minimum Gasteiger partial charge on any atom is -0.333 e. The zero-order chi connectivity index (χ0) is 29.1. The van der Waals surface area contributed by atoms with Crippen LogP contribution in [0.15, 0.2) is 77.8 Å². The van der Waals surface area contributed by atoms with E-state index in [9.17, 15) is 26.4 Å². The molecular formula is C30H29F3N4O3S. The van der Waals surface area contributed by atoms with Crippen molar-refractivity contribution in [1.82, 2.24) is 14.8 Å². The molecule has 3 aromatic carbocycles. The lowest BCUT2D eigenvalue weighted by Gasteiger charge is -2.41. The number of aromatic nitrogens is 1. The number of piperazine rings is 1. The second kappa shape index (κ2) is 11.9. The zero-order valence-corrected chi connectivity index (χ0v) is 23.2. The molecule has 11 heteroatoms. The summed E-state index contributed by atoms with van der Waals surface area (Å²) < 4.78 is 69.1. The fourth-order valence-corrected chi connectivity index (χ4v) is 6.37. The number of carbonyl (C=O) groups excluding carboxylic acids is 1. The highest BCUT2D eigenvalue weighted by Gasteiger charge is 2.30. The number of para-hydroxylation sites is 1. The van der Waals surface area contributed by atoms with E-state index < -0.39 is 27.5 Å². The van der Waals surface area contributed by atoms with Gasteiger partial charge in [0.1, 0.15) is 4.90 Å². The summed E-state index contributed by atoms with van der Waals surface area (Å²) in [6.45, 7) is 4.13. The quantitative estimate of drug-likeness (QED) is 0.288. The van der Waals surface area contributed by atoms with Crippen LogP contribution in [0.2, 0.25) is 0 Å². The molecule has 1 aliphatic heterocycles. The van der Waals surface area contributed by atoms with Crippen LogP contribution < -0.4 is 4.72 Å². The van der Waals surface area contributed by atoms with E-state index >= 15 is 0 Å². The minimum absolute atomic E-state index is 0.0640. The molecule has 0 spiro atoms. The summed E-state index contributed by atoms with van der Waals surface area (Å²) in [5, 5.41) is 0.708. The van der Waals surface area contributed by atoms with Crippen molar-refractivity contribution in [3.8, 4) is 0 Å². The summed E-state index contributed by atoms with van der Waals surface area (Å²) in [5.41, 5.74) is 1.50. The largest absolute Gasteiger partial charge is 0.333 e. The van der Waals surface area contributed by atoms with E-state index in [0.29, 0.717) is 66.7 Å². The summed E-state index contributed by atoms with van der Waals surface area (Å²) in [7, 11) is -3.92. The van der Waals surface area contributed by atoms with Crippen LogP contribution in [0.3, 0.4) is 0 Å². The first kappa shape index (κ1) is 28.6. The Bertz CT molecular complexity index is 1650. The normalized spacial score (nSPS) is 16.2. The average molecular weight is 583 g/mol. The van der Waals surface area contributed by atoms with Gasteiger partial charge in [0.05, 0.1) is 5.52 Å². The van der Waals surface area contributed by atoms with E-state index in [1.54, 1.807) is 59.6 Å². The lowest BCUT2D eigenvalue weighted by atomic mass is 10.1. The first-order valence-electron chi connectivity index (χ1n) is 13.3. The number of nitrogens with one attached hydrogen (secondary N) is 1. The molecule has 4 aromatic rings. The number of fused-ring (bicyclic) bond motifs is 1. The van der Waals surface area contributed by atoms with Crippen LogP contribution in [-0.2, 0) is 16.4 Å². The van der Waals surface area contributed by atoms with Crippen LogP contribution in [0, 0.1) is 17.5 Å². The maximum absolute atomic E-state index is 13.6. The third kappa shape index (κ3) is 6.20. The number of pyridine rings is 1. The van der Waals surface area contributed by atoms with Gasteiger partial charge in [-0.3, -0.25) is 19.4 Å². The van der Waals surface area contributed by atoms with Crippen LogP contribution in [0.5, 0.6) is 0 Å². The Hall–Kier alpha value is -3.96. The van der Waals surface area contributed by atoms with E-state index in [1.165, 1.54) is 6.07 Å². The van der Waals surface area contributed by atoms with Gasteiger partial charge in [-0.2, -0.15) is 0 Å². The van der Waals surface area contributed by atoms with Crippen molar-refractivity contribution in [3.63, 3.8) is 0 Å². The van der Waals surface area contributed by atoms with Gasteiger partial charge < -0.3 is 4.90 Å². The maximum atomic E-state index is 13.6. The molecule has 1 amide bonds. The first-order valence-corrected chi connectivity index (χ1v) is 14.8. The number of amides is 1. The molecule has 5 rings (SSSR count). The van der Waals surface area contributed by atoms with E-state index in [4.69, 9.17) is 0 Å². The van der Waals surface area contributed by atoms with Crippen molar-refractivity contribution in [2.24, 2.45) is 0 Å². The van der Waals surface area contributed by atoms with Crippen molar-refractivity contribution < 1.29 is 26.4 Å². The molecular weight excluding hydrogens is 553 g/mol. The number of benzene rings is 3. The predicted molar refractivity (Wildman–Crippen MR) is 151 cm³/mol. The van der Waals surface area contributed by atoms with Crippen molar-refractivity contribution in [3.05, 3.63) is 102 Å². The molecule has 0 saturated carbocycles. The van der Waals surface area contributed by atoms with E-state index in [-0.39, 0.29) is 16.8 Å². The van der Waals surface area contributed by atoms with Crippen LogP contribution in [0.25, 0.3) is 10.9 Å². The SMILES string of the molecule is CC[C@H]1CN(CCc2cc(F)c(F)c(F)c2)CCN1C(=O)c1ccc(NS(=O)(=O)c2cccc3cccnc23)cc1. The van der Waals surface area contributed by atoms with Gasteiger partial charge in [0.25, 0.3) is 15.9 Å². The fraction of sp³-hybridized carbons (Fsp3) is 0.267. The summed E-state index contributed by atoms with van der Waals surface area (Å²) in [6, 6.07) is 16.7. The second-order valence-corrected chi connectivity index (χ2v) is 11.6. The van der Waals surface area contributed by atoms with Gasteiger partial charge in [-0.25, -0.2) is 21.6 Å².